The summed E-state index contributed by atoms with van der Waals surface area (Å²) in [5.41, 5.74) is 0.886. The molecule has 1 amide bonds. The number of nitrogens with one attached hydrogen (secondary N) is 1. The number of hydrogen-bond donors (Lipinski definition) is 1. The largest absolute Gasteiger partial charge is 0.465 e. The van der Waals surface area contributed by atoms with E-state index in [1.807, 2.05) is 0 Å². The van der Waals surface area contributed by atoms with Gasteiger partial charge in [0, 0.05) is 5.69 Å². The van der Waals surface area contributed by atoms with Gasteiger partial charge in [0.15, 0.2) is 0 Å². The molecule has 9 nitrogen and oxygen atoms in total. The number of thiophene rings is 1. The molecule has 0 unspecified atom stereocenters. The van der Waals surface area contributed by atoms with Crippen molar-refractivity contribution in [1.29, 1.82) is 0 Å². The molecule has 0 saturated heterocycles. The lowest BCUT2D eigenvalue weighted by Crippen LogP contribution is -2.27. The maximum atomic E-state index is 12.8. The number of carbonyl (C=O) groups is 3. The molecular formula is C20H19N3O6S. The summed E-state index contributed by atoms with van der Waals surface area (Å²) >= 11 is 1.08. The summed E-state index contributed by atoms with van der Waals surface area (Å²) in [4.78, 5) is 53.7. The minimum Gasteiger partial charge on any atom is -0.465 e. The quantitative estimate of drug-likeness (QED) is 0.598. The first kappa shape index (κ1) is 21.2. The number of fused-ring (bicyclic) bond motifs is 1. The van der Waals surface area contributed by atoms with Gasteiger partial charge in [-0.1, -0.05) is 0 Å². The average Bonchev–Trinajstić information content (AvgIpc) is 3.07. The summed E-state index contributed by atoms with van der Waals surface area (Å²) in [5, 5.41) is 2.95. The maximum absolute atomic E-state index is 12.8. The number of esters is 2. The molecule has 0 fully saturated rings. The van der Waals surface area contributed by atoms with Crippen molar-refractivity contribution in [2.45, 2.75) is 20.4 Å². The Labute approximate surface area is 175 Å². The molecule has 0 aliphatic heterocycles. The number of aryl methyl sites for hydroxylation is 1. The first-order valence-corrected chi connectivity index (χ1v) is 9.81. The minimum absolute atomic E-state index is 0.227. The van der Waals surface area contributed by atoms with Gasteiger partial charge in [-0.25, -0.2) is 14.6 Å². The molecule has 0 saturated carbocycles. The number of benzene rings is 1. The van der Waals surface area contributed by atoms with E-state index in [1.54, 1.807) is 26.0 Å². The standard InChI is InChI=1S/C20H19N3O6S/c1-4-29-20(27)16-11(2)15-17(30-16)21-10-23(18(15)25)9-14(24)22-13-7-5-12(6-8-13)19(26)28-3/h5-8,10H,4,9H2,1-3H3,(H,22,24). The molecule has 3 rings (SSSR count). The van der Waals surface area contributed by atoms with Gasteiger partial charge in [-0.3, -0.25) is 14.2 Å². The second-order valence-electron chi connectivity index (χ2n) is 6.25. The van der Waals surface area contributed by atoms with E-state index in [0.29, 0.717) is 31.9 Å². The van der Waals surface area contributed by atoms with Gasteiger partial charge in [0.1, 0.15) is 16.3 Å². The second kappa shape index (κ2) is 8.87. The Morgan fingerprint density at radius 1 is 1.17 bits per heavy atom. The van der Waals surface area contributed by atoms with E-state index < -0.39 is 23.4 Å². The Kier molecular flexibility index (Phi) is 6.26. The zero-order chi connectivity index (χ0) is 21.8. The highest BCUT2D eigenvalue weighted by Gasteiger charge is 2.20. The summed E-state index contributed by atoms with van der Waals surface area (Å²) in [5.74, 6) is -1.42. The van der Waals surface area contributed by atoms with Crippen molar-refractivity contribution in [3.63, 3.8) is 0 Å². The fourth-order valence-corrected chi connectivity index (χ4v) is 3.86. The Morgan fingerprint density at radius 3 is 2.50 bits per heavy atom. The van der Waals surface area contributed by atoms with Crippen LogP contribution in [0.2, 0.25) is 0 Å². The number of rotatable bonds is 6. The van der Waals surface area contributed by atoms with Crippen molar-refractivity contribution < 1.29 is 23.9 Å². The zero-order valence-corrected chi connectivity index (χ0v) is 17.4. The summed E-state index contributed by atoms with van der Waals surface area (Å²) < 4.78 is 10.8. The molecule has 1 aromatic carbocycles. The molecular weight excluding hydrogens is 410 g/mol. The van der Waals surface area contributed by atoms with Gasteiger partial charge >= 0.3 is 11.9 Å². The monoisotopic (exact) mass is 429 g/mol. The molecule has 0 aliphatic carbocycles. The Hall–Kier alpha value is -3.53. The zero-order valence-electron chi connectivity index (χ0n) is 16.6. The van der Waals surface area contributed by atoms with E-state index in [4.69, 9.17) is 4.74 Å². The van der Waals surface area contributed by atoms with Crippen LogP contribution in [-0.4, -0.2) is 41.1 Å². The van der Waals surface area contributed by atoms with Crippen LogP contribution in [0.1, 0.15) is 32.5 Å². The third-order valence-corrected chi connectivity index (χ3v) is 5.46. The number of ether oxygens (including phenoxy) is 2. The SMILES string of the molecule is CCOC(=O)c1sc2ncn(CC(=O)Nc3ccc(C(=O)OC)cc3)c(=O)c2c1C. The normalized spacial score (nSPS) is 10.6. The summed E-state index contributed by atoms with van der Waals surface area (Å²) in [7, 11) is 1.28. The van der Waals surface area contributed by atoms with Crippen LogP contribution in [0.3, 0.4) is 0 Å². The van der Waals surface area contributed by atoms with Gasteiger partial charge in [-0.2, -0.15) is 0 Å². The molecule has 2 heterocycles. The topological polar surface area (TPSA) is 117 Å². The lowest BCUT2D eigenvalue weighted by molar-refractivity contribution is -0.116. The van der Waals surface area contributed by atoms with E-state index in [2.05, 4.69) is 15.0 Å². The number of amides is 1. The third-order valence-electron chi connectivity index (χ3n) is 4.28. The fraction of sp³-hybridized carbons (Fsp3) is 0.250. The highest BCUT2D eigenvalue weighted by atomic mass is 32.1. The van der Waals surface area contributed by atoms with Crippen LogP contribution >= 0.6 is 11.3 Å². The fourth-order valence-electron chi connectivity index (χ4n) is 2.83. The molecule has 0 atom stereocenters. The van der Waals surface area contributed by atoms with Crippen molar-refractivity contribution in [2.75, 3.05) is 19.0 Å². The predicted octanol–water partition coefficient (Wildman–Crippen LogP) is 2.37. The molecule has 3 aromatic rings. The lowest BCUT2D eigenvalue weighted by Gasteiger charge is -2.08. The van der Waals surface area contributed by atoms with Crippen LogP contribution in [0.5, 0.6) is 0 Å². The lowest BCUT2D eigenvalue weighted by atomic mass is 10.2. The molecule has 0 spiro atoms. The molecule has 10 heteroatoms. The molecule has 0 bridgehead atoms. The summed E-state index contributed by atoms with van der Waals surface area (Å²) in [6, 6.07) is 6.16. The van der Waals surface area contributed by atoms with Gasteiger partial charge in [0.25, 0.3) is 5.56 Å². The molecule has 156 valence electrons. The first-order valence-electron chi connectivity index (χ1n) is 8.99. The Bertz CT molecular complexity index is 1180. The van der Waals surface area contributed by atoms with Crippen molar-refractivity contribution in [3.05, 3.63) is 57.0 Å². The molecule has 2 aromatic heterocycles. The van der Waals surface area contributed by atoms with Crippen molar-refractivity contribution in [3.8, 4) is 0 Å². The van der Waals surface area contributed by atoms with Crippen LogP contribution in [0.4, 0.5) is 5.69 Å². The van der Waals surface area contributed by atoms with E-state index in [0.717, 1.165) is 11.3 Å². The summed E-state index contributed by atoms with van der Waals surface area (Å²) in [6.45, 7) is 3.32. The second-order valence-corrected chi connectivity index (χ2v) is 7.25. The number of nitrogens with zero attached hydrogens (tertiary/aromatic N) is 2. The average molecular weight is 429 g/mol. The van der Waals surface area contributed by atoms with Crippen LogP contribution < -0.4 is 10.9 Å². The number of methoxy groups -OCH3 is 1. The highest BCUT2D eigenvalue weighted by Crippen LogP contribution is 2.27. The minimum atomic E-state index is -0.503. The molecule has 1 N–H and O–H groups in total. The Morgan fingerprint density at radius 2 is 1.87 bits per heavy atom. The van der Waals surface area contributed by atoms with Gasteiger partial charge in [0.2, 0.25) is 5.91 Å². The van der Waals surface area contributed by atoms with Gasteiger partial charge in [-0.05, 0) is 43.7 Å². The van der Waals surface area contributed by atoms with E-state index in [9.17, 15) is 19.2 Å². The Balaban J connectivity index is 1.80. The smallest absolute Gasteiger partial charge is 0.348 e. The number of aromatic nitrogens is 2. The first-order chi connectivity index (χ1) is 14.3. The van der Waals surface area contributed by atoms with Crippen LogP contribution in [0, 0.1) is 6.92 Å². The van der Waals surface area contributed by atoms with Crippen LogP contribution in [-0.2, 0) is 20.8 Å². The predicted molar refractivity (Wildman–Crippen MR) is 111 cm³/mol. The van der Waals surface area contributed by atoms with Gasteiger partial charge < -0.3 is 14.8 Å². The van der Waals surface area contributed by atoms with E-state index in [1.165, 1.54) is 30.1 Å². The maximum Gasteiger partial charge on any atom is 0.348 e. The number of hydrogen-bond acceptors (Lipinski definition) is 8. The molecule has 30 heavy (non-hydrogen) atoms. The highest BCUT2D eigenvalue weighted by molar-refractivity contribution is 7.20. The molecule has 0 radical (unpaired) electrons. The van der Waals surface area contributed by atoms with Gasteiger partial charge in [0.05, 0.1) is 31.0 Å². The number of carbonyl (C=O) groups excluding carboxylic acids is 3. The summed E-state index contributed by atoms with van der Waals surface area (Å²) in [6.07, 6.45) is 1.27. The van der Waals surface area contributed by atoms with Crippen molar-refractivity contribution in [2.24, 2.45) is 0 Å². The molecule has 0 aliphatic rings. The van der Waals surface area contributed by atoms with E-state index in [-0.39, 0.29) is 13.2 Å². The van der Waals surface area contributed by atoms with Crippen molar-refractivity contribution >= 4 is 45.1 Å². The van der Waals surface area contributed by atoms with E-state index >= 15 is 0 Å². The van der Waals surface area contributed by atoms with Crippen LogP contribution in [0.15, 0.2) is 35.4 Å². The number of anilines is 1. The third kappa shape index (κ3) is 4.23. The van der Waals surface area contributed by atoms with Crippen LogP contribution in [0.25, 0.3) is 10.2 Å². The van der Waals surface area contributed by atoms with Gasteiger partial charge in [-0.15, -0.1) is 11.3 Å². The van der Waals surface area contributed by atoms with Crippen molar-refractivity contribution in [1.82, 2.24) is 9.55 Å².